The molecule has 3 rings (SSSR count). The van der Waals surface area contributed by atoms with Crippen molar-refractivity contribution in [2.45, 2.75) is 39.4 Å². The number of carbonyl (C=O) groups excluding carboxylic acids is 2. The molecular weight excluding hydrogens is 380 g/mol. The van der Waals surface area contributed by atoms with Gasteiger partial charge in [-0.05, 0) is 61.6 Å². The molecule has 6 heteroatoms. The highest BCUT2D eigenvalue weighted by Gasteiger charge is 2.25. The van der Waals surface area contributed by atoms with Crippen LogP contribution in [0.2, 0.25) is 0 Å². The van der Waals surface area contributed by atoms with Gasteiger partial charge < -0.3 is 19.7 Å². The fourth-order valence-corrected chi connectivity index (χ4v) is 3.65. The number of nitrogens with one attached hydrogen (secondary N) is 1. The molecule has 1 unspecified atom stereocenters. The molecule has 0 saturated carbocycles. The van der Waals surface area contributed by atoms with Crippen LogP contribution in [0.15, 0.2) is 42.5 Å². The van der Waals surface area contributed by atoms with Crippen molar-refractivity contribution >= 4 is 17.5 Å². The van der Waals surface area contributed by atoms with Gasteiger partial charge in [0.15, 0.2) is 0 Å². The van der Waals surface area contributed by atoms with Crippen molar-refractivity contribution in [2.24, 2.45) is 0 Å². The van der Waals surface area contributed by atoms with Gasteiger partial charge in [0.05, 0.1) is 12.7 Å². The molecule has 2 amide bonds. The zero-order valence-electron chi connectivity index (χ0n) is 17.9. The highest BCUT2D eigenvalue weighted by Crippen LogP contribution is 2.19. The van der Waals surface area contributed by atoms with Crippen LogP contribution >= 0.6 is 0 Å². The second-order valence-electron chi connectivity index (χ2n) is 7.75. The molecule has 1 atom stereocenters. The predicted molar refractivity (Wildman–Crippen MR) is 117 cm³/mol. The van der Waals surface area contributed by atoms with Gasteiger partial charge in [-0.25, -0.2) is 0 Å². The number of ether oxygens (including phenoxy) is 2. The lowest BCUT2D eigenvalue weighted by atomic mass is 10.1. The smallest absolute Gasteiger partial charge is 0.254 e. The van der Waals surface area contributed by atoms with E-state index in [0.717, 1.165) is 35.2 Å². The summed E-state index contributed by atoms with van der Waals surface area (Å²) in [7, 11) is 1.62. The standard InChI is InChI=1S/C24H30N2O4/c1-17-7-4-11-22(18(17)2)25-23(27)15-26(14-21-10-6-12-30-21)24(28)20-9-5-8-19(13-20)16-29-3/h4-5,7-9,11,13,21H,6,10,12,14-16H2,1-3H3,(H,25,27). The van der Waals surface area contributed by atoms with Crippen LogP contribution in [-0.4, -0.2) is 49.6 Å². The summed E-state index contributed by atoms with van der Waals surface area (Å²) >= 11 is 0. The van der Waals surface area contributed by atoms with Crippen molar-refractivity contribution in [3.63, 3.8) is 0 Å². The normalized spacial score (nSPS) is 15.8. The molecule has 160 valence electrons. The summed E-state index contributed by atoms with van der Waals surface area (Å²) in [5.41, 5.74) is 4.36. The van der Waals surface area contributed by atoms with Gasteiger partial charge in [-0.3, -0.25) is 9.59 Å². The van der Waals surface area contributed by atoms with E-state index in [9.17, 15) is 9.59 Å². The van der Waals surface area contributed by atoms with Crippen LogP contribution in [0.25, 0.3) is 0 Å². The fourth-order valence-electron chi connectivity index (χ4n) is 3.65. The molecule has 2 aromatic rings. The monoisotopic (exact) mass is 410 g/mol. The lowest BCUT2D eigenvalue weighted by Crippen LogP contribution is -2.42. The second-order valence-corrected chi connectivity index (χ2v) is 7.75. The average molecular weight is 411 g/mol. The summed E-state index contributed by atoms with van der Waals surface area (Å²) in [5, 5.41) is 2.95. The number of benzene rings is 2. The summed E-state index contributed by atoms with van der Waals surface area (Å²) in [5.74, 6) is -0.400. The van der Waals surface area contributed by atoms with Gasteiger partial charge in [-0.15, -0.1) is 0 Å². The molecular formula is C24H30N2O4. The number of anilines is 1. The number of aryl methyl sites for hydroxylation is 1. The second kappa shape index (κ2) is 10.4. The largest absolute Gasteiger partial charge is 0.380 e. The molecule has 0 aromatic heterocycles. The van der Waals surface area contributed by atoms with Crippen molar-refractivity contribution in [1.82, 2.24) is 4.90 Å². The van der Waals surface area contributed by atoms with Gasteiger partial charge in [0.1, 0.15) is 6.54 Å². The highest BCUT2D eigenvalue weighted by atomic mass is 16.5. The summed E-state index contributed by atoms with van der Waals surface area (Å²) in [4.78, 5) is 27.6. The van der Waals surface area contributed by atoms with Gasteiger partial charge in [0.25, 0.3) is 5.91 Å². The van der Waals surface area contributed by atoms with Gasteiger partial charge in [0.2, 0.25) is 5.91 Å². The molecule has 1 aliphatic rings. The molecule has 0 bridgehead atoms. The molecule has 1 N–H and O–H groups in total. The van der Waals surface area contributed by atoms with Crippen molar-refractivity contribution in [1.29, 1.82) is 0 Å². The van der Waals surface area contributed by atoms with E-state index >= 15 is 0 Å². The Morgan fingerprint density at radius 2 is 2.00 bits per heavy atom. The summed E-state index contributed by atoms with van der Waals surface area (Å²) < 4.78 is 10.9. The molecule has 1 aliphatic heterocycles. The molecule has 0 spiro atoms. The number of rotatable bonds is 8. The summed E-state index contributed by atoms with van der Waals surface area (Å²) in [6.07, 6.45) is 1.83. The van der Waals surface area contributed by atoms with Gasteiger partial charge >= 0.3 is 0 Å². The summed E-state index contributed by atoms with van der Waals surface area (Å²) in [6, 6.07) is 13.1. The van der Waals surface area contributed by atoms with E-state index in [0.29, 0.717) is 25.3 Å². The lowest BCUT2D eigenvalue weighted by molar-refractivity contribution is -0.117. The van der Waals surface area contributed by atoms with Crippen LogP contribution < -0.4 is 5.32 Å². The van der Waals surface area contributed by atoms with E-state index in [2.05, 4.69) is 5.32 Å². The number of nitrogens with zero attached hydrogens (tertiary/aromatic N) is 1. The lowest BCUT2D eigenvalue weighted by Gasteiger charge is -2.25. The molecule has 30 heavy (non-hydrogen) atoms. The van der Waals surface area contributed by atoms with Crippen LogP contribution in [0, 0.1) is 13.8 Å². The third kappa shape index (κ3) is 5.68. The third-order valence-electron chi connectivity index (χ3n) is 5.43. The van der Waals surface area contributed by atoms with Crippen LogP contribution in [0.3, 0.4) is 0 Å². The maximum atomic E-state index is 13.2. The maximum absolute atomic E-state index is 13.2. The van der Waals surface area contributed by atoms with E-state index < -0.39 is 0 Å². The number of hydrogen-bond acceptors (Lipinski definition) is 4. The van der Waals surface area contributed by atoms with Gasteiger partial charge in [-0.1, -0.05) is 24.3 Å². The summed E-state index contributed by atoms with van der Waals surface area (Å²) in [6.45, 7) is 5.48. The van der Waals surface area contributed by atoms with Gasteiger partial charge in [0, 0.05) is 31.5 Å². The Labute approximate surface area is 178 Å². The van der Waals surface area contributed by atoms with Gasteiger partial charge in [-0.2, -0.15) is 0 Å². The van der Waals surface area contributed by atoms with E-state index in [4.69, 9.17) is 9.47 Å². The predicted octanol–water partition coefficient (Wildman–Crippen LogP) is 3.71. The molecule has 6 nitrogen and oxygen atoms in total. The van der Waals surface area contributed by atoms with Crippen LogP contribution in [-0.2, 0) is 20.9 Å². The van der Waals surface area contributed by atoms with E-state index in [1.807, 2.05) is 50.2 Å². The SMILES string of the molecule is COCc1cccc(C(=O)N(CC(=O)Nc2cccc(C)c2C)CC2CCCO2)c1. The molecule has 1 saturated heterocycles. The quantitative estimate of drug-likeness (QED) is 0.720. The minimum absolute atomic E-state index is 0.0272. The minimum atomic E-state index is -0.219. The zero-order chi connectivity index (χ0) is 21.5. The van der Waals surface area contributed by atoms with Crippen molar-refractivity contribution in [2.75, 3.05) is 32.1 Å². The number of methoxy groups -OCH3 is 1. The first-order valence-electron chi connectivity index (χ1n) is 10.3. The maximum Gasteiger partial charge on any atom is 0.254 e. The highest BCUT2D eigenvalue weighted by molar-refractivity contribution is 5.99. The van der Waals surface area contributed by atoms with Crippen molar-refractivity contribution in [3.8, 4) is 0 Å². The van der Waals surface area contributed by atoms with Crippen LogP contribution in [0.4, 0.5) is 5.69 Å². The molecule has 0 aliphatic carbocycles. The Kier molecular flexibility index (Phi) is 7.60. The first-order valence-corrected chi connectivity index (χ1v) is 10.3. The van der Waals surface area contributed by atoms with Crippen LogP contribution in [0.5, 0.6) is 0 Å². The van der Waals surface area contributed by atoms with Crippen molar-refractivity contribution in [3.05, 3.63) is 64.7 Å². The Hall–Kier alpha value is -2.70. The molecule has 2 aromatic carbocycles. The Morgan fingerprint density at radius 3 is 2.73 bits per heavy atom. The zero-order valence-corrected chi connectivity index (χ0v) is 17.9. The first kappa shape index (κ1) is 22.0. The Morgan fingerprint density at radius 1 is 1.20 bits per heavy atom. The molecule has 1 heterocycles. The fraction of sp³-hybridized carbons (Fsp3) is 0.417. The number of carbonyl (C=O) groups is 2. The van der Waals surface area contributed by atoms with Crippen molar-refractivity contribution < 1.29 is 19.1 Å². The minimum Gasteiger partial charge on any atom is -0.380 e. The molecule has 0 radical (unpaired) electrons. The topological polar surface area (TPSA) is 67.9 Å². The Balaban J connectivity index is 1.76. The first-order chi connectivity index (χ1) is 14.5. The van der Waals surface area contributed by atoms with Crippen LogP contribution in [0.1, 0.15) is 39.9 Å². The van der Waals surface area contributed by atoms with E-state index in [-0.39, 0.29) is 24.5 Å². The third-order valence-corrected chi connectivity index (χ3v) is 5.43. The van der Waals surface area contributed by atoms with E-state index in [1.165, 1.54) is 0 Å². The number of amides is 2. The average Bonchev–Trinajstić information content (AvgIpc) is 3.24. The van der Waals surface area contributed by atoms with E-state index in [1.54, 1.807) is 18.1 Å². The number of hydrogen-bond donors (Lipinski definition) is 1. The Bertz CT molecular complexity index is 891. The molecule has 1 fully saturated rings.